The predicted molar refractivity (Wildman–Crippen MR) is 109 cm³/mol. The van der Waals surface area contributed by atoms with Crippen LogP contribution < -0.4 is 14.8 Å². The second-order valence-corrected chi connectivity index (χ2v) is 6.95. The summed E-state index contributed by atoms with van der Waals surface area (Å²) in [5.74, 6) is 1.69. The summed E-state index contributed by atoms with van der Waals surface area (Å²) in [6.07, 6.45) is 1.90. The molecule has 0 saturated carbocycles. The summed E-state index contributed by atoms with van der Waals surface area (Å²) >= 11 is 0. The molecule has 5 nitrogen and oxygen atoms in total. The number of nitrogens with one attached hydrogen (secondary N) is 1. The van der Waals surface area contributed by atoms with Crippen molar-refractivity contribution in [2.75, 3.05) is 19.5 Å². The van der Waals surface area contributed by atoms with Gasteiger partial charge in [0.05, 0.1) is 19.7 Å². The van der Waals surface area contributed by atoms with Crippen LogP contribution in [0.5, 0.6) is 11.5 Å². The lowest BCUT2D eigenvalue weighted by atomic mass is 9.98. The summed E-state index contributed by atoms with van der Waals surface area (Å²) < 4.78 is 12.7. The third-order valence-electron chi connectivity index (χ3n) is 4.79. The summed E-state index contributed by atoms with van der Waals surface area (Å²) in [5, 5.41) is 4.05. The van der Waals surface area contributed by atoms with Gasteiger partial charge in [-0.3, -0.25) is 4.79 Å². The Bertz CT molecular complexity index is 973. The van der Waals surface area contributed by atoms with Crippen LogP contribution in [0.15, 0.2) is 42.6 Å². The number of hydrogen-bond donors (Lipinski definition) is 1. The highest BCUT2D eigenvalue weighted by molar-refractivity contribution is 5.94. The van der Waals surface area contributed by atoms with E-state index in [0.717, 1.165) is 33.5 Å². The fourth-order valence-corrected chi connectivity index (χ4v) is 3.34. The standard InChI is InChI=1S/C22H26N2O3/c1-14(2)17-8-6-7-15(3)22(17)23-21(25)13-24-10-9-18-19(24)11-16(26-4)12-20(18)27-5/h6-12,14H,13H2,1-5H3,(H,23,25). The monoisotopic (exact) mass is 366 g/mol. The van der Waals surface area contributed by atoms with Gasteiger partial charge in [0.25, 0.3) is 0 Å². The van der Waals surface area contributed by atoms with Crippen molar-refractivity contribution in [1.29, 1.82) is 0 Å². The zero-order valence-corrected chi connectivity index (χ0v) is 16.5. The fraction of sp³-hybridized carbons (Fsp3) is 0.318. The first kappa shape index (κ1) is 18.8. The Morgan fingerprint density at radius 1 is 1.15 bits per heavy atom. The lowest BCUT2D eigenvalue weighted by molar-refractivity contribution is -0.116. The smallest absolute Gasteiger partial charge is 0.244 e. The molecule has 2 aromatic carbocycles. The Labute approximate surface area is 159 Å². The van der Waals surface area contributed by atoms with Gasteiger partial charge in [0, 0.05) is 29.4 Å². The van der Waals surface area contributed by atoms with Crippen LogP contribution in [0.2, 0.25) is 0 Å². The molecular formula is C22H26N2O3. The predicted octanol–water partition coefficient (Wildman–Crippen LogP) is 4.73. The van der Waals surface area contributed by atoms with Crippen LogP contribution in [0.1, 0.15) is 30.9 Å². The van der Waals surface area contributed by atoms with E-state index >= 15 is 0 Å². The maximum atomic E-state index is 12.8. The largest absolute Gasteiger partial charge is 0.497 e. The Hall–Kier alpha value is -2.95. The van der Waals surface area contributed by atoms with Crippen molar-refractivity contribution in [3.63, 3.8) is 0 Å². The second kappa shape index (κ2) is 7.74. The van der Waals surface area contributed by atoms with Crippen molar-refractivity contribution in [3.05, 3.63) is 53.7 Å². The molecule has 3 rings (SSSR count). The molecule has 0 saturated heterocycles. The maximum Gasteiger partial charge on any atom is 0.244 e. The van der Waals surface area contributed by atoms with Gasteiger partial charge >= 0.3 is 0 Å². The van der Waals surface area contributed by atoms with Gasteiger partial charge in [-0.25, -0.2) is 0 Å². The molecular weight excluding hydrogens is 340 g/mol. The number of aryl methyl sites for hydroxylation is 1. The van der Waals surface area contributed by atoms with E-state index in [4.69, 9.17) is 9.47 Å². The second-order valence-electron chi connectivity index (χ2n) is 6.95. The van der Waals surface area contributed by atoms with Crippen molar-refractivity contribution >= 4 is 22.5 Å². The van der Waals surface area contributed by atoms with Crippen molar-refractivity contribution in [3.8, 4) is 11.5 Å². The minimum atomic E-state index is -0.0644. The Morgan fingerprint density at radius 3 is 2.59 bits per heavy atom. The van der Waals surface area contributed by atoms with Gasteiger partial charge in [0.1, 0.15) is 18.0 Å². The van der Waals surface area contributed by atoms with Crippen LogP contribution in [-0.4, -0.2) is 24.7 Å². The van der Waals surface area contributed by atoms with E-state index in [1.54, 1.807) is 14.2 Å². The van der Waals surface area contributed by atoms with Crippen LogP contribution >= 0.6 is 0 Å². The molecule has 5 heteroatoms. The normalized spacial score (nSPS) is 11.0. The van der Waals surface area contributed by atoms with Crippen molar-refractivity contribution < 1.29 is 14.3 Å². The summed E-state index contributed by atoms with van der Waals surface area (Å²) in [4.78, 5) is 12.8. The molecule has 0 spiro atoms. The molecule has 1 N–H and O–H groups in total. The third-order valence-corrected chi connectivity index (χ3v) is 4.79. The minimum Gasteiger partial charge on any atom is -0.497 e. The molecule has 0 atom stereocenters. The van der Waals surface area contributed by atoms with E-state index in [1.165, 1.54) is 0 Å². The van der Waals surface area contributed by atoms with E-state index < -0.39 is 0 Å². The van der Waals surface area contributed by atoms with Gasteiger partial charge in [0.2, 0.25) is 5.91 Å². The molecule has 1 aromatic heterocycles. The highest BCUT2D eigenvalue weighted by Crippen LogP contribution is 2.32. The van der Waals surface area contributed by atoms with Crippen molar-refractivity contribution in [1.82, 2.24) is 4.57 Å². The van der Waals surface area contributed by atoms with Gasteiger partial charge in [-0.15, -0.1) is 0 Å². The van der Waals surface area contributed by atoms with Gasteiger partial charge in [-0.05, 0) is 30.0 Å². The summed E-state index contributed by atoms with van der Waals surface area (Å²) in [6, 6.07) is 11.8. The van der Waals surface area contributed by atoms with Gasteiger partial charge in [-0.1, -0.05) is 32.0 Å². The number of rotatable bonds is 6. The Kier molecular flexibility index (Phi) is 5.40. The van der Waals surface area contributed by atoms with Gasteiger partial charge in [-0.2, -0.15) is 0 Å². The van der Waals surface area contributed by atoms with Crippen LogP contribution in [0.4, 0.5) is 5.69 Å². The molecule has 0 bridgehead atoms. The van der Waals surface area contributed by atoms with Gasteiger partial charge < -0.3 is 19.4 Å². The molecule has 0 radical (unpaired) electrons. The number of methoxy groups -OCH3 is 2. The van der Waals surface area contributed by atoms with Crippen LogP contribution in [0, 0.1) is 6.92 Å². The first-order chi connectivity index (χ1) is 12.9. The summed E-state index contributed by atoms with van der Waals surface area (Å²) in [6.45, 7) is 6.48. The lowest BCUT2D eigenvalue weighted by Crippen LogP contribution is -2.20. The van der Waals surface area contributed by atoms with E-state index in [9.17, 15) is 4.79 Å². The molecule has 0 unspecified atom stereocenters. The number of hydrogen-bond acceptors (Lipinski definition) is 3. The van der Waals surface area contributed by atoms with Crippen molar-refractivity contribution in [2.24, 2.45) is 0 Å². The topological polar surface area (TPSA) is 52.5 Å². The zero-order valence-electron chi connectivity index (χ0n) is 16.5. The first-order valence-corrected chi connectivity index (χ1v) is 9.04. The molecule has 0 fully saturated rings. The number of benzene rings is 2. The highest BCUT2D eigenvalue weighted by Gasteiger charge is 2.15. The molecule has 0 aliphatic heterocycles. The lowest BCUT2D eigenvalue weighted by Gasteiger charge is -2.17. The van der Waals surface area contributed by atoms with Crippen LogP contribution in [-0.2, 0) is 11.3 Å². The van der Waals surface area contributed by atoms with E-state index in [0.29, 0.717) is 11.7 Å². The van der Waals surface area contributed by atoms with Crippen LogP contribution in [0.3, 0.4) is 0 Å². The van der Waals surface area contributed by atoms with E-state index in [-0.39, 0.29) is 12.5 Å². The quantitative estimate of drug-likeness (QED) is 0.686. The van der Waals surface area contributed by atoms with E-state index in [2.05, 4.69) is 25.2 Å². The highest BCUT2D eigenvalue weighted by atomic mass is 16.5. The summed E-state index contributed by atoms with van der Waals surface area (Å²) in [7, 11) is 3.25. The summed E-state index contributed by atoms with van der Waals surface area (Å²) in [5.41, 5.74) is 4.01. The zero-order chi connectivity index (χ0) is 19.6. The number of para-hydroxylation sites is 1. The Morgan fingerprint density at radius 2 is 1.93 bits per heavy atom. The number of nitrogens with zero attached hydrogens (tertiary/aromatic N) is 1. The van der Waals surface area contributed by atoms with Crippen molar-refractivity contribution in [2.45, 2.75) is 33.2 Å². The first-order valence-electron chi connectivity index (χ1n) is 9.04. The van der Waals surface area contributed by atoms with Crippen LogP contribution in [0.25, 0.3) is 10.9 Å². The number of anilines is 1. The third kappa shape index (κ3) is 3.77. The average molecular weight is 366 g/mol. The van der Waals surface area contributed by atoms with Gasteiger partial charge in [0.15, 0.2) is 0 Å². The Balaban J connectivity index is 1.90. The molecule has 0 aliphatic rings. The molecule has 1 amide bonds. The SMILES string of the molecule is COc1cc(OC)c2ccn(CC(=O)Nc3c(C)cccc3C(C)C)c2c1. The number of amides is 1. The van der Waals surface area contributed by atoms with E-state index in [1.807, 2.05) is 48.0 Å². The minimum absolute atomic E-state index is 0.0644. The number of fused-ring (bicyclic) bond motifs is 1. The average Bonchev–Trinajstić information content (AvgIpc) is 3.05. The number of aromatic nitrogens is 1. The molecule has 27 heavy (non-hydrogen) atoms. The fourth-order valence-electron chi connectivity index (χ4n) is 3.34. The molecule has 0 aliphatic carbocycles. The molecule has 142 valence electrons. The number of ether oxygens (including phenoxy) is 2. The maximum absolute atomic E-state index is 12.8. The molecule has 3 aromatic rings. The number of carbonyl (C=O) groups excluding carboxylic acids is 1. The molecule has 1 heterocycles. The number of carbonyl (C=O) groups is 1.